The van der Waals surface area contributed by atoms with Gasteiger partial charge in [0.15, 0.2) is 5.78 Å². The minimum Gasteiger partial charge on any atom is -0.372 e. The summed E-state index contributed by atoms with van der Waals surface area (Å²) in [6.45, 7) is 4.17. The predicted molar refractivity (Wildman–Crippen MR) is 103 cm³/mol. The number of amides is 1. The number of carbonyl (C=O) groups is 2. The van der Waals surface area contributed by atoms with Gasteiger partial charge in [-0.15, -0.1) is 11.8 Å². The van der Waals surface area contributed by atoms with Gasteiger partial charge in [-0.25, -0.2) is 4.39 Å². The maximum absolute atomic E-state index is 13.5. The van der Waals surface area contributed by atoms with Gasteiger partial charge in [-0.3, -0.25) is 14.9 Å². The normalized spacial score (nSPS) is 30.5. The zero-order valence-corrected chi connectivity index (χ0v) is 16.2. The van der Waals surface area contributed by atoms with Crippen molar-refractivity contribution in [1.29, 1.82) is 0 Å². The Kier molecular flexibility index (Phi) is 4.99. The lowest BCUT2D eigenvalue weighted by atomic mass is 9.70. The Morgan fingerprint density at radius 2 is 1.85 bits per heavy atom. The molecular formula is C20H24FN3O2S. The van der Waals surface area contributed by atoms with Gasteiger partial charge in [0.2, 0.25) is 5.91 Å². The van der Waals surface area contributed by atoms with Crippen molar-refractivity contribution in [3.05, 3.63) is 46.9 Å². The summed E-state index contributed by atoms with van der Waals surface area (Å²) < 4.78 is 13.5. The summed E-state index contributed by atoms with van der Waals surface area (Å²) in [4.78, 5) is 25.8. The Bertz CT molecular complexity index is 793. The van der Waals surface area contributed by atoms with Gasteiger partial charge >= 0.3 is 0 Å². The van der Waals surface area contributed by atoms with Gasteiger partial charge < -0.3 is 10.6 Å². The van der Waals surface area contributed by atoms with Crippen LogP contribution >= 0.6 is 11.8 Å². The number of thioether (sulfide) groups is 1. The Balaban J connectivity index is 1.75. The van der Waals surface area contributed by atoms with Crippen molar-refractivity contribution < 1.29 is 14.0 Å². The number of rotatable bonds is 3. The van der Waals surface area contributed by atoms with Crippen molar-refractivity contribution in [2.75, 3.05) is 0 Å². The van der Waals surface area contributed by atoms with Gasteiger partial charge in [0.25, 0.3) is 0 Å². The van der Waals surface area contributed by atoms with Crippen LogP contribution in [-0.2, 0) is 9.59 Å². The first-order chi connectivity index (χ1) is 12.9. The summed E-state index contributed by atoms with van der Waals surface area (Å²) in [6.07, 6.45) is 1.85. The number of carbonyl (C=O) groups excluding carboxylic acids is 2. The van der Waals surface area contributed by atoms with E-state index in [0.717, 1.165) is 24.1 Å². The van der Waals surface area contributed by atoms with Gasteiger partial charge in [0.1, 0.15) is 11.3 Å². The van der Waals surface area contributed by atoms with Crippen LogP contribution in [0, 0.1) is 11.7 Å². The SMILES string of the molecule is CC(C)SC1NC(=O)C2C(NC3=C(C(=O)CCC3)C2c2ccc(F)cc2)N1. The molecule has 2 heterocycles. The second kappa shape index (κ2) is 7.28. The van der Waals surface area contributed by atoms with Gasteiger partial charge in [-0.2, -0.15) is 0 Å². The molecule has 0 spiro atoms. The number of Topliss-reactive ketones (excluding diaryl/α,β-unsaturated/α-hetero) is 1. The standard InChI is InChI=1S/C20H24FN3O2S/c1-10(2)27-20-23-18-17(19(26)24-20)15(11-6-8-12(21)9-7-11)16-13(22-18)4-3-5-14(16)25/h6-10,15,17-18,20,22-23H,3-5H2,1-2H3,(H,24,26). The lowest BCUT2D eigenvalue weighted by Crippen LogP contribution is -2.68. The van der Waals surface area contributed by atoms with E-state index in [0.29, 0.717) is 17.2 Å². The summed E-state index contributed by atoms with van der Waals surface area (Å²) in [6, 6.07) is 6.17. The van der Waals surface area contributed by atoms with Crippen LogP contribution in [0.3, 0.4) is 0 Å². The number of halogens is 1. The molecule has 1 aromatic rings. The summed E-state index contributed by atoms with van der Waals surface area (Å²) in [7, 11) is 0. The second-order valence-corrected chi connectivity index (χ2v) is 9.27. The van der Waals surface area contributed by atoms with Crippen molar-refractivity contribution in [3.8, 4) is 0 Å². The molecule has 0 aromatic heterocycles. The monoisotopic (exact) mass is 389 g/mol. The highest BCUT2D eigenvalue weighted by molar-refractivity contribution is 8.00. The molecule has 1 fully saturated rings. The predicted octanol–water partition coefficient (Wildman–Crippen LogP) is 2.61. The summed E-state index contributed by atoms with van der Waals surface area (Å²) in [5, 5.41) is 10.3. The molecule has 3 aliphatic rings. The second-order valence-electron chi connectivity index (χ2n) is 7.59. The molecule has 0 bridgehead atoms. The molecule has 4 atom stereocenters. The van der Waals surface area contributed by atoms with E-state index in [-0.39, 0.29) is 35.1 Å². The highest BCUT2D eigenvalue weighted by Gasteiger charge is 2.49. The molecule has 2 aliphatic heterocycles. The zero-order chi connectivity index (χ0) is 19.1. The molecule has 1 aliphatic carbocycles. The number of nitrogens with one attached hydrogen (secondary N) is 3. The smallest absolute Gasteiger partial charge is 0.229 e. The molecule has 0 saturated carbocycles. The fraction of sp³-hybridized carbons (Fsp3) is 0.500. The molecule has 0 radical (unpaired) electrons. The molecule has 4 rings (SSSR count). The molecule has 1 saturated heterocycles. The average molecular weight is 389 g/mol. The quantitative estimate of drug-likeness (QED) is 0.741. The van der Waals surface area contributed by atoms with Crippen molar-refractivity contribution in [2.45, 2.75) is 55.9 Å². The first-order valence-electron chi connectivity index (χ1n) is 9.44. The van der Waals surface area contributed by atoms with Crippen LogP contribution in [0.5, 0.6) is 0 Å². The number of ketones is 1. The van der Waals surface area contributed by atoms with Crippen molar-refractivity contribution >= 4 is 23.5 Å². The first-order valence-corrected chi connectivity index (χ1v) is 10.4. The summed E-state index contributed by atoms with van der Waals surface area (Å²) in [5.41, 5.74) is 2.25. The maximum Gasteiger partial charge on any atom is 0.229 e. The Labute approximate surface area is 162 Å². The number of benzene rings is 1. The molecule has 1 amide bonds. The number of hydrogen-bond acceptors (Lipinski definition) is 5. The van der Waals surface area contributed by atoms with Crippen molar-refractivity contribution in [1.82, 2.24) is 16.0 Å². The van der Waals surface area contributed by atoms with Crippen LogP contribution < -0.4 is 16.0 Å². The van der Waals surface area contributed by atoms with Crippen LogP contribution in [0.15, 0.2) is 35.5 Å². The molecular weight excluding hydrogens is 365 g/mol. The van der Waals surface area contributed by atoms with E-state index in [1.165, 1.54) is 12.1 Å². The molecule has 1 aromatic carbocycles. The van der Waals surface area contributed by atoms with Crippen LogP contribution in [0.1, 0.15) is 44.6 Å². The summed E-state index contributed by atoms with van der Waals surface area (Å²) >= 11 is 1.65. The van der Waals surface area contributed by atoms with E-state index in [2.05, 4.69) is 29.8 Å². The first kappa shape index (κ1) is 18.5. The van der Waals surface area contributed by atoms with Crippen LogP contribution in [0.4, 0.5) is 4.39 Å². The minimum absolute atomic E-state index is 0.0800. The number of hydrogen-bond donors (Lipinski definition) is 3. The minimum atomic E-state index is -0.458. The average Bonchev–Trinajstić information content (AvgIpc) is 2.60. The van der Waals surface area contributed by atoms with E-state index >= 15 is 0 Å². The van der Waals surface area contributed by atoms with E-state index in [1.807, 2.05) is 0 Å². The highest BCUT2D eigenvalue weighted by Crippen LogP contribution is 2.43. The van der Waals surface area contributed by atoms with Gasteiger partial charge in [0, 0.05) is 28.9 Å². The maximum atomic E-state index is 13.5. The molecule has 5 nitrogen and oxygen atoms in total. The molecule has 7 heteroatoms. The van der Waals surface area contributed by atoms with E-state index < -0.39 is 5.92 Å². The Morgan fingerprint density at radius 3 is 2.56 bits per heavy atom. The third-order valence-electron chi connectivity index (χ3n) is 5.36. The van der Waals surface area contributed by atoms with Crippen molar-refractivity contribution in [2.24, 2.45) is 5.92 Å². The van der Waals surface area contributed by atoms with E-state index in [4.69, 9.17) is 0 Å². The fourth-order valence-corrected chi connectivity index (χ4v) is 5.25. The lowest BCUT2D eigenvalue weighted by molar-refractivity contribution is -0.130. The van der Waals surface area contributed by atoms with E-state index in [1.54, 1.807) is 23.9 Å². The summed E-state index contributed by atoms with van der Waals surface area (Å²) in [5.74, 6) is -1.14. The third kappa shape index (κ3) is 3.50. The largest absolute Gasteiger partial charge is 0.372 e. The fourth-order valence-electron chi connectivity index (χ4n) is 4.29. The van der Waals surface area contributed by atoms with Crippen molar-refractivity contribution in [3.63, 3.8) is 0 Å². The Hall–Kier alpha value is -1.86. The molecule has 4 unspecified atom stereocenters. The number of allylic oxidation sites excluding steroid dienone is 2. The highest BCUT2D eigenvalue weighted by atomic mass is 32.2. The third-order valence-corrected chi connectivity index (χ3v) is 6.43. The van der Waals surface area contributed by atoms with Gasteiger partial charge in [-0.05, 0) is 30.5 Å². The van der Waals surface area contributed by atoms with Gasteiger partial charge in [0.05, 0.1) is 12.1 Å². The molecule has 144 valence electrons. The number of fused-ring (bicyclic) bond motifs is 1. The van der Waals surface area contributed by atoms with Crippen LogP contribution in [-0.4, -0.2) is 28.6 Å². The van der Waals surface area contributed by atoms with Crippen LogP contribution in [0.2, 0.25) is 0 Å². The molecule has 27 heavy (non-hydrogen) atoms. The topological polar surface area (TPSA) is 70.2 Å². The van der Waals surface area contributed by atoms with Crippen LogP contribution in [0.25, 0.3) is 0 Å². The Morgan fingerprint density at radius 1 is 1.11 bits per heavy atom. The van der Waals surface area contributed by atoms with Gasteiger partial charge in [-0.1, -0.05) is 26.0 Å². The van der Waals surface area contributed by atoms with E-state index in [9.17, 15) is 14.0 Å². The molecule has 3 N–H and O–H groups in total. The zero-order valence-electron chi connectivity index (χ0n) is 15.4. The lowest BCUT2D eigenvalue weighted by Gasteiger charge is -2.47.